The van der Waals surface area contributed by atoms with E-state index in [4.69, 9.17) is 18.6 Å². The molecule has 4 heterocycles. The summed E-state index contributed by atoms with van der Waals surface area (Å²) in [6, 6.07) is 13.0. The number of hydrogen-bond donors (Lipinski definition) is 1. The van der Waals surface area contributed by atoms with E-state index in [1.165, 1.54) is 19.4 Å². The van der Waals surface area contributed by atoms with Gasteiger partial charge in [-0.3, -0.25) is 0 Å². The van der Waals surface area contributed by atoms with E-state index in [0.29, 0.717) is 47.4 Å². The Morgan fingerprint density at radius 2 is 1.94 bits per heavy atom. The quantitative estimate of drug-likeness (QED) is 0.0409. The number of ether oxygens (including phenoxy) is 3. The number of benzene rings is 2. The predicted molar refractivity (Wildman–Crippen MR) is 196 cm³/mol. The lowest BCUT2D eigenvalue weighted by Crippen LogP contribution is -2.22. The highest BCUT2D eigenvalue weighted by Crippen LogP contribution is 2.37. The molecule has 2 aromatic carbocycles. The largest absolute Gasteiger partial charge is 0.609 e. The zero-order valence-corrected chi connectivity index (χ0v) is 30.8. The Bertz CT molecular complexity index is 2240. The van der Waals surface area contributed by atoms with Gasteiger partial charge in [0.1, 0.15) is 47.2 Å². The predicted octanol–water partition coefficient (Wildman–Crippen LogP) is 7.10. The first-order valence-electron chi connectivity index (χ1n) is 16.3. The molecule has 0 amide bonds. The first-order chi connectivity index (χ1) is 24.0. The lowest BCUT2D eigenvalue weighted by Gasteiger charge is -2.15. The van der Waals surface area contributed by atoms with E-state index in [9.17, 15) is 9.35 Å². The van der Waals surface area contributed by atoms with E-state index >= 15 is 4.39 Å². The Hall–Kier alpha value is -4.34. The van der Waals surface area contributed by atoms with Crippen molar-refractivity contribution in [3.63, 3.8) is 0 Å². The van der Waals surface area contributed by atoms with Crippen LogP contribution in [0, 0.1) is 5.82 Å². The Morgan fingerprint density at radius 1 is 1.12 bits per heavy atom. The van der Waals surface area contributed by atoms with Crippen LogP contribution in [0.5, 0.6) is 5.75 Å². The van der Waals surface area contributed by atoms with Crippen molar-refractivity contribution in [2.24, 2.45) is 0 Å². The van der Waals surface area contributed by atoms with Gasteiger partial charge in [-0.1, -0.05) is 32.6 Å². The average molecular weight is 718 g/mol. The Kier molecular flexibility index (Phi) is 10.6. The minimum Gasteiger partial charge on any atom is -0.609 e. The third-order valence-electron chi connectivity index (χ3n) is 8.34. The summed E-state index contributed by atoms with van der Waals surface area (Å²) >= 11 is -1.57. The van der Waals surface area contributed by atoms with Crippen LogP contribution in [0.25, 0.3) is 44.0 Å². The van der Waals surface area contributed by atoms with Crippen molar-refractivity contribution in [2.75, 3.05) is 32.1 Å². The van der Waals surface area contributed by atoms with Crippen LogP contribution in [0.1, 0.15) is 18.1 Å². The number of halogens is 1. The maximum absolute atomic E-state index is 15.1. The number of rotatable bonds is 14. The van der Waals surface area contributed by atoms with E-state index in [1.54, 1.807) is 30.5 Å². The van der Waals surface area contributed by atoms with Gasteiger partial charge in [-0.05, 0) is 64.7 Å². The van der Waals surface area contributed by atoms with Gasteiger partial charge in [0.05, 0.1) is 5.52 Å². The number of methoxy groups -OCH3 is 1. The highest BCUT2D eigenvalue weighted by molar-refractivity contribution is 7.90. The normalized spacial score (nSPS) is 12.6. The molecule has 1 unspecified atom stereocenters. The second-order valence-corrected chi connectivity index (χ2v) is 20.1. The van der Waals surface area contributed by atoms with Crippen LogP contribution in [0.4, 0.5) is 10.2 Å². The smallest absolute Gasteiger partial charge is 0.349 e. The Labute approximate surface area is 293 Å². The van der Waals surface area contributed by atoms with Crippen molar-refractivity contribution in [1.82, 2.24) is 19.5 Å². The SMILES string of the molecule is CCc1c(F)ccc2cc(OCOC)cc(-c3cc4nc([S+](C)[O-])nc(NCc5cn(COCC[Si](C)(C)C)c6ncccc56)c4c(=O)o3)c12. The van der Waals surface area contributed by atoms with Gasteiger partial charge in [0.15, 0.2) is 6.79 Å². The van der Waals surface area contributed by atoms with Gasteiger partial charge in [0, 0.05) is 68.9 Å². The van der Waals surface area contributed by atoms with E-state index in [1.807, 2.05) is 29.8 Å². The molecule has 262 valence electrons. The molecule has 0 aliphatic rings. The van der Waals surface area contributed by atoms with Gasteiger partial charge in [-0.25, -0.2) is 14.2 Å². The molecule has 0 bridgehead atoms. The van der Waals surface area contributed by atoms with Crippen molar-refractivity contribution < 1.29 is 27.6 Å². The molecule has 0 spiro atoms. The first kappa shape index (κ1) is 35.5. The summed E-state index contributed by atoms with van der Waals surface area (Å²) in [5.41, 5.74) is 2.11. The molecule has 1 N–H and O–H groups in total. The second kappa shape index (κ2) is 14.9. The Balaban J connectivity index is 1.41. The zero-order chi connectivity index (χ0) is 35.6. The van der Waals surface area contributed by atoms with Crippen LogP contribution in [-0.4, -0.2) is 58.9 Å². The fourth-order valence-corrected chi connectivity index (χ4v) is 7.05. The summed E-state index contributed by atoms with van der Waals surface area (Å²) < 4.78 is 52.5. The van der Waals surface area contributed by atoms with Crippen LogP contribution < -0.4 is 15.7 Å². The van der Waals surface area contributed by atoms with E-state index in [2.05, 4.69) is 39.9 Å². The highest BCUT2D eigenvalue weighted by atomic mass is 32.2. The van der Waals surface area contributed by atoms with E-state index in [0.717, 1.165) is 22.6 Å². The number of fused-ring (bicyclic) bond motifs is 3. The van der Waals surface area contributed by atoms with Gasteiger partial charge in [0.2, 0.25) is 0 Å². The summed E-state index contributed by atoms with van der Waals surface area (Å²) in [5, 5.41) is 5.61. The summed E-state index contributed by atoms with van der Waals surface area (Å²) in [5.74, 6) is 0.402. The van der Waals surface area contributed by atoms with Crippen molar-refractivity contribution in [3.05, 3.63) is 82.2 Å². The Morgan fingerprint density at radius 3 is 2.68 bits per heavy atom. The summed E-state index contributed by atoms with van der Waals surface area (Å²) in [7, 11) is 0.273. The lowest BCUT2D eigenvalue weighted by molar-refractivity contribution is 0.0512. The minimum atomic E-state index is -1.57. The zero-order valence-electron chi connectivity index (χ0n) is 29.0. The molecular formula is C36H40FN5O6SSi. The van der Waals surface area contributed by atoms with Gasteiger partial charge in [-0.2, -0.15) is 9.97 Å². The van der Waals surface area contributed by atoms with E-state index < -0.39 is 24.9 Å². The molecule has 6 rings (SSSR count). The van der Waals surface area contributed by atoms with Crippen LogP contribution in [-0.2, 0) is 40.3 Å². The fourth-order valence-electron chi connectivity index (χ4n) is 5.85. The number of aromatic nitrogens is 4. The molecule has 11 nitrogen and oxygen atoms in total. The lowest BCUT2D eigenvalue weighted by atomic mass is 9.95. The number of nitrogens with one attached hydrogen (secondary N) is 1. The number of hydrogen-bond acceptors (Lipinski definition) is 10. The van der Waals surface area contributed by atoms with Crippen molar-refractivity contribution in [3.8, 4) is 17.1 Å². The van der Waals surface area contributed by atoms with Crippen molar-refractivity contribution in [1.29, 1.82) is 0 Å². The first-order valence-corrected chi connectivity index (χ1v) is 21.5. The standard InChI is InChI=1S/C36H40FN5O6SSi/c1-7-25-28(37)11-10-22-15-24(47-21-45-2)16-27(31(22)25)30-17-29-32(35(43)48-30)33(41-36(40-29)49(3)44)39-18-23-19-42(20-46-13-14-50(4,5)6)34-26(23)9-8-12-38-34/h8-12,15-17,19H,7,13-14,18,20-21H2,1-6H3,(H,39,40,41). The molecule has 0 aliphatic heterocycles. The monoisotopic (exact) mass is 717 g/mol. The third kappa shape index (κ3) is 7.54. The summed E-state index contributed by atoms with van der Waals surface area (Å²) in [4.78, 5) is 27.4. The summed E-state index contributed by atoms with van der Waals surface area (Å²) in [6.45, 7) is 10.1. The highest BCUT2D eigenvalue weighted by Gasteiger charge is 2.22. The van der Waals surface area contributed by atoms with Crippen molar-refractivity contribution in [2.45, 2.75) is 57.5 Å². The molecule has 50 heavy (non-hydrogen) atoms. The number of pyridine rings is 1. The van der Waals surface area contributed by atoms with Crippen LogP contribution in [0.3, 0.4) is 0 Å². The molecule has 0 saturated heterocycles. The topological polar surface area (TPSA) is 137 Å². The van der Waals surface area contributed by atoms with Gasteiger partial charge >= 0.3 is 10.8 Å². The van der Waals surface area contributed by atoms with E-state index in [-0.39, 0.29) is 46.8 Å². The van der Waals surface area contributed by atoms with Gasteiger partial charge in [0.25, 0.3) is 0 Å². The number of nitrogens with zero attached hydrogens (tertiary/aromatic N) is 4. The van der Waals surface area contributed by atoms with Crippen molar-refractivity contribution >= 4 is 57.8 Å². The van der Waals surface area contributed by atoms with Crippen LogP contribution in [0.15, 0.2) is 69.2 Å². The molecule has 0 fully saturated rings. The molecular weight excluding hydrogens is 678 g/mol. The molecule has 6 aromatic rings. The molecule has 4 aromatic heterocycles. The van der Waals surface area contributed by atoms with Crippen LogP contribution in [0.2, 0.25) is 25.7 Å². The number of anilines is 1. The minimum absolute atomic E-state index is 0.0112. The maximum Gasteiger partial charge on any atom is 0.349 e. The molecule has 14 heteroatoms. The second-order valence-electron chi connectivity index (χ2n) is 13.2. The molecule has 0 saturated carbocycles. The molecule has 0 aliphatic carbocycles. The molecule has 1 atom stereocenters. The third-order valence-corrected chi connectivity index (χ3v) is 10.7. The summed E-state index contributed by atoms with van der Waals surface area (Å²) in [6.07, 6.45) is 5.58. The van der Waals surface area contributed by atoms with Gasteiger partial charge < -0.3 is 33.1 Å². The number of aryl methyl sites for hydroxylation is 1. The fraction of sp³-hybridized carbons (Fsp3) is 0.333. The maximum atomic E-state index is 15.1. The average Bonchev–Trinajstić information content (AvgIpc) is 3.44. The van der Waals surface area contributed by atoms with Crippen LogP contribution >= 0.6 is 0 Å². The molecule has 0 radical (unpaired) electrons. The van der Waals surface area contributed by atoms with Gasteiger partial charge in [-0.15, -0.1) is 0 Å².